The summed E-state index contributed by atoms with van der Waals surface area (Å²) in [5.74, 6) is 0. The minimum absolute atomic E-state index is 0.0259. The van der Waals surface area contributed by atoms with Crippen LogP contribution in [0.1, 0.15) is 45.4 Å². The normalized spacial score (nSPS) is 15.4. The molecule has 12 heteroatoms. The summed E-state index contributed by atoms with van der Waals surface area (Å²) < 4.78 is 92.2. The predicted octanol–water partition coefficient (Wildman–Crippen LogP) is 4.35. The number of rotatable bonds is 8. The lowest BCUT2D eigenvalue weighted by molar-refractivity contribution is -0.266. The van der Waals surface area contributed by atoms with Crippen LogP contribution < -0.4 is 0 Å². The van der Waals surface area contributed by atoms with Gasteiger partial charge in [-0.05, 0) is 49.4 Å². The van der Waals surface area contributed by atoms with E-state index in [9.17, 15) is 35.1 Å². The molecule has 0 bridgehead atoms. The monoisotopic (exact) mass is 546 g/mol. The van der Waals surface area contributed by atoms with E-state index in [2.05, 4.69) is 9.97 Å². The molecule has 0 saturated carbocycles. The number of nitrogens with zero attached hydrogens (tertiary/aromatic N) is 1. The molecule has 2 N–H and O–H groups in total. The number of hydrogen-bond acceptors (Lipinski definition) is 6. The van der Waals surface area contributed by atoms with Gasteiger partial charge in [0.15, 0.2) is 30.3 Å². The molecule has 0 spiro atoms. The van der Waals surface area contributed by atoms with Crippen LogP contribution in [-0.2, 0) is 31.5 Å². The van der Waals surface area contributed by atoms with Crippen molar-refractivity contribution in [2.75, 3.05) is 6.26 Å². The van der Waals surface area contributed by atoms with Crippen molar-refractivity contribution < 1.29 is 35.1 Å². The van der Waals surface area contributed by atoms with E-state index in [1.807, 2.05) is 0 Å². The Morgan fingerprint density at radius 3 is 2.22 bits per heavy atom. The Labute approximate surface area is 208 Å². The van der Waals surface area contributed by atoms with Crippen LogP contribution in [-0.4, -0.2) is 55.2 Å². The zero-order valence-electron chi connectivity index (χ0n) is 20.5. The smallest absolute Gasteiger partial charge is 0.380 e. The number of hydrogen-bond donors (Lipinski definition) is 2. The van der Waals surface area contributed by atoms with Crippen molar-refractivity contribution in [3.63, 3.8) is 0 Å². The molecule has 198 valence electrons. The van der Waals surface area contributed by atoms with E-state index in [0.717, 1.165) is 6.26 Å². The number of fused-ring (bicyclic) bond motifs is 1. The SMILES string of the molecule is CC(C)S(=O)(=O)c1cc2cc(CC(O)(CC(C)(C)c3ccccc3S(C)(=O)=O)C(F)(F)F)[nH]c2cn1. The zero-order chi connectivity index (χ0) is 27.3. The summed E-state index contributed by atoms with van der Waals surface area (Å²) in [5.41, 5.74) is -4.09. The van der Waals surface area contributed by atoms with Crippen molar-refractivity contribution in [1.82, 2.24) is 9.97 Å². The molecular formula is C24H29F3N2O5S2. The van der Waals surface area contributed by atoms with Gasteiger partial charge in [-0.25, -0.2) is 21.8 Å². The van der Waals surface area contributed by atoms with Gasteiger partial charge in [0.1, 0.15) is 0 Å². The van der Waals surface area contributed by atoms with E-state index in [-0.39, 0.29) is 21.2 Å². The van der Waals surface area contributed by atoms with Gasteiger partial charge in [-0.15, -0.1) is 0 Å². The molecule has 36 heavy (non-hydrogen) atoms. The van der Waals surface area contributed by atoms with Gasteiger partial charge in [0.2, 0.25) is 0 Å². The van der Waals surface area contributed by atoms with Crippen LogP contribution in [0.4, 0.5) is 13.2 Å². The van der Waals surface area contributed by atoms with E-state index >= 15 is 0 Å². The van der Waals surface area contributed by atoms with Crippen LogP contribution in [0.5, 0.6) is 0 Å². The second kappa shape index (κ2) is 9.14. The molecule has 3 aromatic rings. The fraction of sp³-hybridized carbons (Fsp3) is 0.458. The van der Waals surface area contributed by atoms with Gasteiger partial charge in [-0.3, -0.25) is 0 Å². The Bertz CT molecular complexity index is 1490. The van der Waals surface area contributed by atoms with Crippen LogP contribution in [0.3, 0.4) is 0 Å². The summed E-state index contributed by atoms with van der Waals surface area (Å²) in [6.07, 6.45) is -4.53. The molecule has 2 aromatic heterocycles. The number of alkyl halides is 3. The molecule has 0 amide bonds. The van der Waals surface area contributed by atoms with Gasteiger partial charge in [-0.1, -0.05) is 32.0 Å². The first-order valence-electron chi connectivity index (χ1n) is 11.1. The number of aromatic nitrogens is 2. The van der Waals surface area contributed by atoms with Crippen molar-refractivity contribution in [3.8, 4) is 0 Å². The molecule has 1 atom stereocenters. The van der Waals surface area contributed by atoms with Gasteiger partial charge >= 0.3 is 6.18 Å². The molecule has 0 fully saturated rings. The van der Waals surface area contributed by atoms with E-state index in [0.29, 0.717) is 10.9 Å². The maximum absolute atomic E-state index is 14.3. The van der Waals surface area contributed by atoms with E-state index in [1.165, 1.54) is 70.3 Å². The first-order valence-corrected chi connectivity index (χ1v) is 14.5. The van der Waals surface area contributed by atoms with Crippen molar-refractivity contribution in [3.05, 3.63) is 53.9 Å². The van der Waals surface area contributed by atoms with Crippen LogP contribution in [0.25, 0.3) is 10.9 Å². The number of halogens is 3. The van der Waals surface area contributed by atoms with Crippen molar-refractivity contribution in [2.45, 2.75) is 72.9 Å². The minimum atomic E-state index is -5.05. The molecule has 7 nitrogen and oxygen atoms in total. The lowest BCUT2D eigenvalue weighted by atomic mass is 9.73. The third kappa shape index (κ3) is 5.45. The number of benzene rings is 1. The highest BCUT2D eigenvalue weighted by molar-refractivity contribution is 7.92. The van der Waals surface area contributed by atoms with Crippen LogP contribution in [0, 0.1) is 0 Å². The third-order valence-corrected chi connectivity index (χ3v) is 9.41. The number of aliphatic hydroxyl groups is 1. The van der Waals surface area contributed by atoms with Crippen LogP contribution in [0.15, 0.2) is 52.5 Å². The lowest BCUT2D eigenvalue weighted by Crippen LogP contribution is -2.51. The molecule has 0 radical (unpaired) electrons. The quantitative estimate of drug-likeness (QED) is 0.434. The Morgan fingerprint density at radius 2 is 1.67 bits per heavy atom. The molecule has 0 aliphatic heterocycles. The largest absolute Gasteiger partial charge is 0.417 e. The van der Waals surface area contributed by atoms with Gasteiger partial charge in [0.05, 0.1) is 21.9 Å². The Kier molecular flexibility index (Phi) is 7.15. The molecule has 0 saturated heterocycles. The average Bonchev–Trinajstić information content (AvgIpc) is 3.12. The van der Waals surface area contributed by atoms with Crippen LogP contribution >= 0.6 is 0 Å². The van der Waals surface area contributed by atoms with Gasteiger partial charge in [-0.2, -0.15) is 13.2 Å². The van der Waals surface area contributed by atoms with Gasteiger partial charge < -0.3 is 10.1 Å². The summed E-state index contributed by atoms with van der Waals surface area (Å²) in [7, 11) is -7.42. The van der Waals surface area contributed by atoms with Crippen LogP contribution in [0.2, 0.25) is 0 Å². The summed E-state index contributed by atoms with van der Waals surface area (Å²) in [5, 5.41) is 10.4. The Balaban J connectivity index is 2.03. The predicted molar refractivity (Wildman–Crippen MR) is 130 cm³/mol. The number of H-pyrrole nitrogens is 1. The van der Waals surface area contributed by atoms with E-state index in [4.69, 9.17) is 0 Å². The molecule has 1 aromatic carbocycles. The van der Waals surface area contributed by atoms with Crippen molar-refractivity contribution >= 4 is 30.6 Å². The molecule has 0 aliphatic carbocycles. The zero-order valence-corrected chi connectivity index (χ0v) is 22.1. The average molecular weight is 547 g/mol. The first kappa shape index (κ1) is 28.1. The summed E-state index contributed by atoms with van der Waals surface area (Å²) in [6.45, 7) is 5.89. The summed E-state index contributed by atoms with van der Waals surface area (Å²) in [4.78, 5) is 6.61. The van der Waals surface area contributed by atoms with Crippen molar-refractivity contribution in [1.29, 1.82) is 0 Å². The standard InChI is InChI=1S/C24H29F3N2O5S2/c1-15(2)36(33,34)21-11-16-10-17(29-19(16)13-28-21)12-23(30,24(25,26)27)14-22(3,4)18-8-6-7-9-20(18)35(5,31)32/h6-11,13,15,29-30H,12,14H2,1-5H3. The molecule has 1 unspecified atom stereocenters. The fourth-order valence-electron chi connectivity index (χ4n) is 4.32. The highest BCUT2D eigenvalue weighted by Crippen LogP contribution is 2.44. The molecule has 0 aliphatic rings. The van der Waals surface area contributed by atoms with E-state index in [1.54, 1.807) is 0 Å². The fourth-order valence-corrected chi connectivity index (χ4v) is 6.36. The highest BCUT2D eigenvalue weighted by atomic mass is 32.2. The van der Waals surface area contributed by atoms with Gasteiger partial charge in [0, 0.05) is 23.8 Å². The maximum Gasteiger partial charge on any atom is 0.417 e. The molecular weight excluding hydrogens is 517 g/mol. The number of nitrogens with one attached hydrogen (secondary N) is 1. The van der Waals surface area contributed by atoms with Crippen molar-refractivity contribution in [2.24, 2.45) is 0 Å². The topological polar surface area (TPSA) is 117 Å². The third-order valence-electron chi connectivity index (χ3n) is 6.21. The highest BCUT2D eigenvalue weighted by Gasteiger charge is 2.56. The first-order chi connectivity index (χ1) is 16.3. The Morgan fingerprint density at radius 1 is 1.06 bits per heavy atom. The number of pyridine rings is 1. The molecule has 2 heterocycles. The summed E-state index contributed by atoms with van der Waals surface area (Å²) in [6, 6.07) is 8.42. The van der Waals surface area contributed by atoms with E-state index < -0.39 is 55.0 Å². The second-order valence-electron chi connectivity index (χ2n) is 10.0. The minimum Gasteiger partial charge on any atom is -0.380 e. The van der Waals surface area contributed by atoms with Gasteiger partial charge in [0.25, 0.3) is 0 Å². The Hall–Kier alpha value is -2.44. The summed E-state index contributed by atoms with van der Waals surface area (Å²) >= 11 is 0. The number of aromatic amines is 1. The lowest BCUT2D eigenvalue weighted by Gasteiger charge is -2.38. The number of sulfone groups is 2. The molecule has 3 rings (SSSR count). The maximum atomic E-state index is 14.3. The second-order valence-corrected chi connectivity index (χ2v) is 14.5.